The fourth-order valence-corrected chi connectivity index (χ4v) is 3.41. The number of fused-ring (bicyclic) bond motifs is 1. The Balaban J connectivity index is 1.94. The van der Waals surface area contributed by atoms with E-state index in [1.165, 1.54) is 0 Å². The largest absolute Gasteiger partial charge is 0.363 e. The van der Waals surface area contributed by atoms with Gasteiger partial charge < -0.3 is 15.2 Å². The fourth-order valence-electron chi connectivity index (χ4n) is 2.98. The third-order valence-electron chi connectivity index (χ3n) is 4.39. The number of H-pyrrole nitrogens is 1. The molecule has 0 fully saturated rings. The number of aryl methyl sites for hydroxylation is 1. The van der Waals surface area contributed by atoms with Crippen molar-refractivity contribution in [2.45, 2.75) is 26.9 Å². The molecule has 0 aliphatic carbocycles. The molecule has 0 aliphatic heterocycles. The Morgan fingerprint density at radius 3 is 2.63 bits per heavy atom. The van der Waals surface area contributed by atoms with E-state index in [0.717, 1.165) is 28.6 Å². The molecule has 2 N–H and O–H groups in total. The number of thiocarbonyl (C=S) groups is 1. The molecule has 140 valence electrons. The second-order valence-electron chi connectivity index (χ2n) is 6.49. The second-order valence-corrected chi connectivity index (χ2v) is 7.28. The summed E-state index contributed by atoms with van der Waals surface area (Å²) in [5.41, 5.74) is 3.40. The van der Waals surface area contributed by atoms with Gasteiger partial charge in [0.15, 0.2) is 5.11 Å². The third-order valence-corrected chi connectivity index (χ3v) is 5.20. The summed E-state index contributed by atoms with van der Waals surface area (Å²) in [5, 5.41) is 5.42. The van der Waals surface area contributed by atoms with Crippen LogP contribution in [-0.4, -0.2) is 21.5 Å². The van der Waals surface area contributed by atoms with E-state index >= 15 is 0 Å². The molecule has 3 rings (SSSR count). The van der Waals surface area contributed by atoms with Crippen LogP contribution < -0.4 is 10.9 Å². The van der Waals surface area contributed by atoms with Gasteiger partial charge in [-0.15, -0.1) is 0 Å². The first-order valence-corrected chi connectivity index (χ1v) is 9.65. The highest BCUT2D eigenvalue weighted by Gasteiger charge is 2.14. The molecule has 0 saturated carbocycles. The molecule has 2 aromatic carbocycles. The molecule has 0 spiro atoms. The Bertz CT molecular complexity index is 1020. The molecule has 0 atom stereocenters. The van der Waals surface area contributed by atoms with Crippen LogP contribution in [0.3, 0.4) is 0 Å². The first-order valence-electron chi connectivity index (χ1n) is 8.86. The molecular weight excluding hydrogens is 378 g/mol. The van der Waals surface area contributed by atoms with Crippen molar-refractivity contribution in [1.29, 1.82) is 0 Å². The van der Waals surface area contributed by atoms with Gasteiger partial charge in [-0.1, -0.05) is 41.9 Å². The number of nitrogens with one attached hydrogen (secondary N) is 2. The van der Waals surface area contributed by atoms with Crippen LogP contribution in [0.4, 0.5) is 0 Å². The van der Waals surface area contributed by atoms with E-state index in [-0.39, 0.29) is 5.56 Å². The van der Waals surface area contributed by atoms with Gasteiger partial charge >= 0.3 is 0 Å². The summed E-state index contributed by atoms with van der Waals surface area (Å²) in [5.74, 6) is 0. The molecule has 4 nitrogen and oxygen atoms in total. The van der Waals surface area contributed by atoms with E-state index < -0.39 is 0 Å². The Morgan fingerprint density at radius 2 is 1.93 bits per heavy atom. The zero-order valence-corrected chi connectivity index (χ0v) is 17.0. The molecule has 6 heteroatoms. The van der Waals surface area contributed by atoms with Crippen LogP contribution in [-0.2, 0) is 13.1 Å². The average Bonchev–Trinajstić information content (AvgIpc) is 2.64. The number of rotatable bonds is 5. The maximum absolute atomic E-state index is 12.6. The standard InChI is InChI=1S/C21H22ClN3OS/c1-3-23-21(27)25(12-15-7-5-4-6-8-15)13-17-10-16-9-14(2)18(22)11-19(16)24-20(17)26/h4-11H,3,12-13H2,1-2H3,(H,23,27)(H,24,26). The van der Waals surface area contributed by atoms with Crippen LogP contribution in [0, 0.1) is 6.92 Å². The summed E-state index contributed by atoms with van der Waals surface area (Å²) >= 11 is 11.7. The van der Waals surface area contributed by atoms with Crippen molar-refractivity contribution in [2.75, 3.05) is 6.54 Å². The maximum atomic E-state index is 12.6. The number of hydrogen-bond donors (Lipinski definition) is 2. The summed E-state index contributed by atoms with van der Waals surface area (Å²) in [7, 11) is 0. The molecular formula is C21H22ClN3OS. The van der Waals surface area contributed by atoms with Crippen molar-refractivity contribution >= 4 is 39.8 Å². The lowest BCUT2D eigenvalue weighted by Crippen LogP contribution is -2.39. The Morgan fingerprint density at radius 1 is 1.19 bits per heavy atom. The molecule has 0 radical (unpaired) electrons. The van der Waals surface area contributed by atoms with Crippen LogP contribution in [0.15, 0.2) is 53.3 Å². The molecule has 27 heavy (non-hydrogen) atoms. The van der Waals surface area contributed by atoms with Gasteiger partial charge in [0.25, 0.3) is 5.56 Å². The number of hydrogen-bond acceptors (Lipinski definition) is 2. The van der Waals surface area contributed by atoms with Crippen molar-refractivity contribution in [2.24, 2.45) is 0 Å². The van der Waals surface area contributed by atoms with E-state index in [0.29, 0.717) is 28.8 Å². The van der Waals surface area contributed by atoms with Crippen LogP contribution in [0.1, 0.15) is 23.6 Å². The molecule has 1 heterocycles. The number of halogens is 1. The van der Waals surface area contributed by atoms with Gasteiger partial charge in [0.1, 0.15) is 0 Å². The number of nitrogens with zero attached hydrogens (tertiary/aromatic N) is 1. The van der Waals surface area contributed by atoms with Gasteiger partial charge in [-0.25, -0.2) is 0 Å². The quantitative estimate of drug-likeness (QED) is 0.625. The molecule has 0 bridgehead atoms. The fraction of sp³-hybridized carbons (Fsp3) is 0.238. The minimum Gasteiger partial charge on any atom is -0.363 e. The van der Waals surface area contributed by atoms with Gasteiger partial charge in [-0.3, -0.25) is 4.79 Å². The zero-order chi connectivity index (χ0) is 19.4. The Labute approximate surface area is 169 Å². The highest BCUT2D eigenvalue weighted by molar-refractivity contribution is 7.80. The van der Waals surface area contributed by atoms with Crippen LogP contribution in [0.25, 0.3) is 10.9 Å². The van der Waals surface area contributed by atoms with Gasteiger partial charge in [0, 0.05) is 29.2 Å². The van der Waals surface area contributed by atoms with Crippen molar-refractivity contribution in [3.63, 3.8) is 0 Å². The topological polar surface area (TPSA) is 48.1 Å². The Kier molecular flexibility index (Phi) is 6.14. The summed E-state index contributed by atoms with van der Waals surface area (Å²) < 4.78 is 0. The van der Waals surface area contributed by atoms with Gasteiger partial charge in [-0.2, -0.15) is 0 Å². The minimum absolute atomic E-state index is 0.125. The maximum Gasteiger partial charge on any atom is 0.253 e. The summed E-state index contributed by atoms with van der Waals surface area (Å²) in [4.78, 5) is 17.6. The molecule has 0 amide bonds. The summed E-state index contributed by atoms with van der Waals surface area (Å²) in [6.07, 6.45) is 0. The number of benzene rings is 2. The van der Waals surface area contributed by atoms with Crippen molar-refractivity contribution in [3.8, 4) is 0 Å². The molecule has 1 aromatic heterocycles. The number of aromatic amines is 1. The van der Waals surface area contributed by atoms with Crippen molar-refractivity contribution in [3.05, 3.63) is 80.6 Å². The van der Waals surface area contributed by atoms with E-state index in [9.17, 15) is 4.79 Å². The van der Waals surface area contributed by atoms with Gasteiger partial charge in [0.05, 0.1) is 6.54 Å². The third kappa shape index (κ3) is 4.67. The first-order chi connectivity index (χ1) is 13.0. The number of pyridine rings is 1. The first kappa shape index (κ1) is 19.4. The molecule has 3 aromatic rings. The van der Waals surface area contributed by atoms with Crippen molar-refractivity contribution in [1.82, 2.24) is 15.2 Å². The number of aromatic nitrogens is 1. The Hall–Kier alpha value is -2.37. The highest BCUT2D eigenvalue weighted by atomic mass is 35.5. The van der Waals surface area contributed by atoms with Crippen LogP contribution >= 0.6 is 23.8 Å². The van der Waals surface area contributed by atoms with Gasteiger partial charge in [-0.05, 0) is 60.8 Å². The minimum atomic E-state index is -0.125. The molecule has 0 aliphatic rings. The van der Waals surface area contributed by atoms with E-state index in [1.807, 2.05) is 49.1 Å². The van der Waals surface area contributed by atoms with E-state index in [4.69, 9.17) is 23.8 Å². The normalized spacial score (nSPS) is 10.8. The highest BCUT2D eigenvalue weighted by Crippen LogP contribution is 2.22. The van der Waals surface area contributed by atoms with E-state index in [1.54, 1.807) is 6.07 Å². The lowest BCUT2D eigenvalue weighted by atomic mass is 10.1. The average molecular weight is 400 g/mol. The monoisotopic (exact) mass is 399 g/mol. The molecule has 0 unspecified atom stereocenters. The predicted octanol–water partition coefficient (Wildman–Crippen LogP) is 4.39. The van der Waals surface area contributed by atoms with Crippen molar-refractivity contribution < 1.29 is 0 Å². The van der Waals surface area contributed by atoms with Crippen LogP contribution in [0.5, 0.6) is 0 Å². The summed E-state index contributed by atoms with van der Waals surface area (Å²) in [6, 6.07) is 15.8. The van der Waals surface area contributed by atoms with E-state index in [2.05, 4.69) is 22.4 Å². The lowest BCUT2D eigenvalue weighted by Gasteiger charge is -2.25. The lowest BCUT2D eigenvalue weighted by molar-refractivity contribution is 0.398. The summed E-state index contributed by atoms with van der Waals surface area (Å²) in [6.45, 7) is 5.74. The van der Waals surface area contributed by atoms with Gasteiger partial charge in [0.2, 0.25) is 0 Å². The smallest absolute Gasteiger partial charge is 0.253 e. The second kappa shape index (κ2) is 8.55. The molecule has 0 saturated heterocycles. The zero-order valence-electron chi connectivity index (χ0n) is 15.4. The SMILES string of the molecule is CCNC(=S)N(Cc1ccccc1)Cc1cc2cc(C)c(Cl)cc2[nH]c1=O. The predicted molar refractivity (Wildman–Crippen MR) is 116 cm³/mol. The van der Waals surface area contributed by atoms with Crippen LogP contribution in [0.2, 0.25) is 5.02 Å².